The van der Waals surface area contributed by atoms with Gasteiger partial charge in [-0.1, -0.05) is 6.92 Å². The lowest BCUT2D eigenvalue weighted by Crippen LogP contribution is -2.33. The molecule has 0 fully saturated rings. The smallest absolute Gasteiger partial charge is 0.242 e. The average molecular weight is 387 g/mol. The van der Waals surface area contributed by atoms with Gasteiger partial charge in [0, 0.05) is 17.5 Å². The summed E-state index contributed by atoms with van der Waals surface area (Å²) in [5, 5.41) is 0. The summed E-state index contributed by atoms with van der Waals surface area (Å²) >= 11 is 6.46. The van der Waals surface area contributed by atoms with Crippen molar-refractivity contribution in [2.24, 2.45) is 5.73 Å². The largest absolute Gasteiger partial charge is 0.326 e. The van der Waals surface area contributed by atoms with Crippen molar-refractivity contribution in [1.82, 2.24) is 4.72 Å². The van der Waals surface area contributed by atoms with Crippen LogP contribution < -0.4 is 10.5 Å². The van der Waals surface area contributed by atoms with E-state index < -0.39 is 10.0 Å². The molecular formula is C11H19BrN2O2S3. The van der Waals surface area contributed by atoms with Crippen LogP contribution in [0.5, 0.6) is 0 Å². The molecule has 0 bridgehead atoms. The second kappa shape index (κ2) is 7.99. The van der Waals surface area contributed by atoms with E-state index in [0.29, 0.717) is 10.3 Å². The highest BCUT2D eigenvalue weighted by atomic mass is 79.9. The highest BCUT2D eigenvalue weighted by molar-refractivity contribution is 9.11. The molecule has 0 spiro atoms. The van der Waals surface area contributed by atoms with Crippen LogP contribution in [0.15, 0.2) is 14.7 Å². The van der Waals surface area contributed by atoms with E-state index in [9.17, 15) is 8.42 Å². The first-order chi connectivity index (χ1) is 8.90. The molecule has 0 aliphatic rings. The van der Waals surface area contributed by atoms with Crippen LogP contribution in [0.3, 0.4) is 0 Å². The fourth-order valence-electron chi connectivity index (χ4n) is 1.47. The van der Waals surface area contributed by atoms with Gasteiger partial charge in [0.15, 0.2) is 0 Å². The van der Waals surface area contributed by atoms with Gasteiger partial charge in [-0.25, -0.2) is 13.1 Å². The van der Waals surface area contributed by atoms with Gasteiger partial charge in [0.2, 0.25) is 10.0 Å². The molecule has 4 nitrogen and oxygen atoms in total. The zero-order chi connectivity index (χ0) is 14.5. The summed E-state index contributed by atoms with van der Waals surface area (Å²) in [5.41, 5.74) is 5.53. The van der Waals surface area contributed by atoms with E-state index in [1.165, 1.54) is 11.3 Å². The third-order valence-electron chi connectivity index (χ3n) is 2.45. The Balaban J connectivity index is 2.72. The van der Waals surface area contributed by atoms with E-state index >= 15 is 0 Å². The minimum Gasteiger partial charge on any atom is -0.326 e. The van der Waals surface area contributed by atoms with E-state index in [1.54, 1.807) is 6.07 Å². The van der Waals surface area contributed by atoms with Gasteiger partial charge in [-0.2, -0.15) is 11.8 Å². The summed E-state index contributed by atoms with van der Waals surface area (Å²) in [7, 11) is -3.47. The normalized spacial score (nSPS) is 13.7. The highest BCUT2D eigenvalue weighted by Gasteiger charge is 2.22. The van der Waals surface area contributed by atoms with Crippen LogP contribution in [-0.4, -0.2) is 26.0 Å². The molecule has 110 valence electrons. The summed E-state index contributed by atoms with van der Waals surface area (Å²) in [6.45, 7) is 4.33. The molecule has 0 radical (unpaired) electrons. The van der Waals surface area contributed by atoms with Crippen LogP contribution in [0, 0.1) is 0 Å². The number of thioether (sulfide) groups is 1. The Kier molecular flexibility index (Phi) is 7.34. The highest BCUT2D eigenvalue weighted by Crippen LogP contribution is 2.31. The molecule has 0 amide bonds. The monoisotopic (exact) mass is 386 g/mol. The standard InChI is InChI=1S/C11H19BrN2O2S3/c1-3-17-5-4-8(2)14-19(15,16)10-6-9(7-13)18-11(10)12/h6,8,14H,3-5,7,13H2,1-2H3. The number of nitrogens with one attached hydrogen (secondary N) is 1. The van der Waals surface area contributed by atoms with Crippen LogP contribution in [0.2, 0.25) is 0 Å². The first kappa shape index (κ1) is 17.5. The summed E-state index contributed by atoms with van der Waals surface area (Å²) in [6.07, 6.45) is 0.823. The van der Waals surface area contributed by atoms with Gasteiger partial charge < -0.3 is 5.73 Å². The van der Waals surface area contributed by atoms with Crippen LogP contribution in [-0.2, 0) is 16.6 Å². The van der Waals surface area contributed by atoms with Crippen molar-refractivity contribution < 1.29 is 8.42 Å². The van der Waals surface area contributed by atoms with Gasteiger partial charge in [-0.05, 0) is 46.8 Å². The SMILES string of the molecule is CCSCCC(C)NS(=O)(=O)c1cc(CN)sc1Br. The zero-order valence-electron chi connectivity index (χ0n) is 11.0. The lowest BCUT2D eigenvalue weighted by atomic mass is 10.3. The molecule has 0 aliphatic heterocycles. The van der Waals surface area contributed by atoms with E-state index in [-0.39, 0.29) is 10.9 Å². The molecule has 1 atom stereocenters. The van der Waals surface area contributed by atoms with E-state index in [1.807, 2.05) is 18.7 Å². The van der Waals surface area contributed by atoms with Gasteiger partial charge in [0.25, 0.3) is 0 Å². The third kappa shape index (κ3) is 5.35. The second-order valence-corrected chi connectivity index (χ2v) is 9.59. The Morgan fingerprint density at radius 1 is 1.58 bits per heavy atom. The summed E-state index contributed by atoms with van der Waals surface area (Å²) < 4.78 is 27.8. The number of hydrogen-bond acceptors (Lipinski definition) is 5. The van der Waals surface area contributed by atoms with Crippen LogP contribution in [0.1, 0.15) is 25.1 Å². The Morgan fingerprint density at radius 2 is 2.26 bits per heavy atom. The number of thiophene rings is 1. The van der Waals surface area contributed by atoms with E-state index in [2.05, 4.69) is 27.6 Å². The average Bonchev–Trinajstić information content (AvgIpc) is 2.71. The molecule has 1 aromatic heterocycles. The third-order valence-corrected chi connectivity index (χ3v) is 7.25. The second-order valence-electron chi connectivity index (χ2n) is 4.06. The molecule has 1 heterocycles. The molecule has 19 heavy (non-hydrogen) atoms. The molecule has 0 saturated heterocycles. The fraction of sp³-hybridized carbons (Fsp3) is 0.636. The number of hydrogen-bond donors (Lipinski definition) is 2. The Bertz CT molecular complexity index is 502. The topological polar surface area (TPSA) is 72.2 Å². The lowest BCUT2D eigenvalue weighted by Gasteiger charge is -2.13. The van der Waals surface area contributed by atoms with Gasteiger partial charge in [-0.3, -0.25) is 0 Å². The predicted octanol–water partition coefficient (Wildman–Crippen LogP) is 2.78. The molecule has 1 unspecified atom stereocenters. The van der Waals surface area contributed by atoms with Crippen LogP contribution in [0.25, 0.3) is 0 Å². The van der Waals surface area contributed by atoms with Crippen molar-refractivity contribution in [2.45, 2.75) is 37.8 Å². The quantitative estimate of drug-likeness (QED) is 0.673. The van der Waals surface area contributed by atoms with Crippen LogP contribution in [0.4, 0.5) is 0 Å². The molecule has 1 rings (SSSR count). The molecule has 3 N–H and O–H groups in total. The molecule has 8 heteroatoms. The molecule has 0 aliphatic carbocycles. The van der Waals surface area contributed by atoms with Crippen molar-refractivity contribution >= 4 is 49.1 Å². The van der Waals surface area contributed by atoms with E-state index in [0.717, 1.165) is 22.8 Å². The van der Waals surface area contributed by atoms with Crippen molar-refractivity contribution in [2.75, 3.05) is 11.5 Å². The van der Waals surface area contributed by atoms with E-state index in [4.69, 9.17) is 5.73 Å². The number of rotatable bonds is 8. The predicted molar refractivity (Wildman–Crippen MR) is 87.3 cm³/mol. The maximum Gasteiger partial charge on any atom is 0.242 e. The first-order valence-electron chi connectivity index (χ1n) is 5.99. The van der Waals surface area contributed by atoms with Crippen LogP contribution >= 0.6 is 39.0 Å². The minimum atomic E-state index is -3.47. The number of sulfonamides is 1. The minimum absolute atomic E-state index is 0.0721. The summed E-state index contributed by atoms with van der Waals surface area (Å²) in [4.78, 5) is 1.13. The summed E-state index contributed by atoms with van der Waals surface area (Å²) in [6, 6.07) is 1.56. The van der Waals surface area contributed by atoms with Crippen molar-refractivity contribution in [1.29, 1.82) is 0 Å². The van der Waals surface area contributed by atoms with Crippen molar-refractivity contribution in [3.8, 4) is 0 Å². The number of nitrogens with two attached hydrogens (primary N) is 1. The summed E-state index contributed by atoms with van der Waals surface area (Å²) in [5.74, 6) is 2.01. The molecule has 1 aromatic rings. The van der Waals surface area contributed by atoms with Crippen molar-refractivity contribution in [3.63, 3.8) is 0 Å². The Labute approximate surface area is 131 Å². The molecule has 0 saturated carbocycles. The van der Waals surface area contributed by atoms with Gasteiger partial charge in [0.1, 0.15) is 4.90 Å². The number of halogens is 1. The molecule has 0 aromatic carbocycles. The maximum absolute atomic E-state index is 12.2. The van der Waals surface area contributed by atoms with Crippen molar-refractivity contribution in [3.05, 3.63) is 14.7 Å². The fourth-order valence-corrected chi connectivity index (χ4v) is 6.12. The van der Waals surface area contributed by atoms with Gasteiger partial charge in [0.05, 0.1) is 3.79 Å². The Hall–Kier alpha value is 0.400. The zero-order valence-corrected chi connectivity index (χ0v) is 15.0. The van der Waals surface area contributed by atoms with Gasteiger partial charge >= 0.3 is 0 Å². The molecular weight excluding hydrogens is 368 g/mol. The Morgan fingerprint density at radius 3 is 2.79 bits per heavy atom. The maximum atomic E-state index is 12.2. The first-order valence-corrected chi connectivity index (χ1v) is 10.2. The lowest BCUT2D eigenvalue weighted by molar-refractivity contribution is 0.557. The van der Waals surface area contributed by atoms with Gasteiger partial charge in [-0.15, -0.1) is 11.3 Å².